The van der Waals surface area contributed by atoms with E-state index in [0.29, 0.717) is 0 Å². The number of hydrogen-bond donors (Lipinski definition) is 1. The van der Waals surface area contributed by atoms with E-state index in [9.17, 15) is 0 Å². The number of benzene rings is 1. The lowest BCUT2D eigenvalue weighted by molar-refractivity contribution is 0.255. The highest BCUT2D eigenvalue weighted by Crippen LogP contribution is 2.28. The number of aliphatic hydroxyl groups is 1. The Morgan fingerprint density at radius 3 is 2.47 bits per heavy atom. The normalized spacial score (nSPS) is 17.4. The van der Waals surface area contributed by atoms with E-state index in [-0.39, 0.29) is 6.61 Å². The second kappa shape index (κ2) is 7.85. The van der Waals surface area contributed by atoms with Gasteiger partial charge < -0.3 is 10.0 Å². The second-order valence-electron chi connectivity index (χ2n) is 4.45. The molecule has 1 heterocycles. The Labute approximate surface area is 113 Å². The Balaban J connectivity index is 0.000000437. The molecule has 1 saturated heterocycles. The summed E-state index contributed by atoms with van der Waals surface area (Å²) in [5.41, 5.74) is 1.49. The van der Waals surface area contributed by atoms with Crippen LogP contribution in [0.1, 0.15) is 31.2 Å². The third-order valence-corrected chi connectivity index (χ3v) is 3.53. The molecule has 0 amide bonds. The van der Waals surface area contributed by atoms with Gasteiger partial charge in [-0.05, 0) is 63.5 Å². The highest BCUT2D eigenvalue weighted by atomic mass is 79.9. The van der Waals surface area contributed by atoms with Gasteiger partial charge in [-0.3, -0.25) is 0 Å². The molecule has 2 nitrogen and oxygen atoms in total. The molecule has 0 unspecified atom stereocenters. The van der Waals surface area contributed by atoms with E-state index in [4.69, 9.17) is 5.11 Å². The van der Waals surface area contributed by atoms with Crippen molar-refractivity contribution in [2.24, 2.45) is 0 Å². The molecule has 0 saturated carbocycles. The van der Waals surface area contributed by atoms with E-state index in [1.54, 1.807) is 6.92 Å². The molecule has 1 N–H and O–H groups in total. The van der Waals surface area contributed by atoms with Crippen molar-refractivity contribution in [3.05, 3.63) is 34.3 Å². The highest BCUT2D eigenvalue weighted by molar-refractivity contribution is 9.10. The zero-order valence-electron chi connectivity index (χ0n) is 10.7. The SMILES string of the molecule is CCO.CN1CCC(c2cccc(Br)c2)CC1. The van der Waals surface area contributed by atoms with E-state index in [1.165, 1.54) is 36.0 Å². The summed E-state index contributed by atoms with van der Waals surface area (Å²) in [6.45, 7) is 4.40. The monoisotopic (exact) mass is 299 g/mol. The molecule has 0 aromatic heterocycles. The topological polar surface area (TPSA) is 23.5 Å². The minimum Gasteiger partial charge on any atom is -0.397 e. The first-order chi connectivity index (χ1) is 8.17. The minimum atomic E-state index is 0.250. The van der Waals surface area contributed by atoms with E-state index in [1.807, 2.05) is 0 Å². The lowest BCUT2D eigenvalue weighted by atomic mass is 9.90. The van der Waals surface area contributed by atoms with Gasteiger partial charge in [0.2, 0.25) is 0 Å². The molecule has 1 aromatic carbocycles. The molecule has 0 bridgehead atoms. The Morgan fingerprint density at radius 2 is 1.94 bits per heavy atom. The maximum absolute atomic E-state index is 7.57. The fourth-order valence-corrected chi connectivity index (χ4v) is 2.52. The van der Waals surface area contributed by atoms with Crippen LogP contribution in [0.2, 0.25) is 0 Å². The van der Waals surface area contributed by atoms with E-state index in [2.05, 4.69) is 52.1 Å². The average molecular weight is 300 g/mol. The van der Waals surface area contributed by atoms with Crippen LogP contribution >= 0.6 is 15.9 Å². The Bertz CT molecular complexity index is 322. The predicted octanol–water partition coefficient (Wildman–Crippen LogP) is 3.26. The van der Waals surface area contributed by atoms with Gasteiger partial charge in [0.1, 0.15) is 0 Å². The number of likely N-dealkylation sites (tertiary alicyclic amines) is 1. The molecule has 0 spiro atoms. The van der Waals surface area contributed by atoms with Gasteiger partial charge >= 0.3 is 0 Å². The van der Waals surface area contributed by atoms with Crippen LogP contribution in [-0.4, -0.2) is 36.8 Å². The Hall–Kier alpha value is -0.380. The van der Waals surface area contributed by atoms with Gasteiger partial charge in [-0.2, -0.15) is 0 Å². The van der Waals surface area contributed by atoms with Gasteiger partial charge in [-0.15, -0.1) is 0 Å². The van der Waals surface area contributed by atoms with Crippen LogP contribution in [-0.2, 0) is 0 Å². The number of nitrogens with zero attached hydrogens (tertiary/aromatic N) is 1. The highest BCUT2D eigenvalue weighted by Gasteiger charge is 2.17. The van der Waals surface area contributed by atoms with Crippen molar-refractivity contribution in [3.8, 4) is 0 Å². The van der Waals surface area contributed by atoms with Gasteiger partial charge in [0.15, 0.2) is 0 Å². The van der Waals surface area contributed by atoms with Gasteiger partial charge in [-0.1, -0.05) is 28.1 Å². The van der Waals surface area contributed by atoms with Crippen LogP contribution in [0, 0.1) is 0 Å². The molecule has 17 heavy (non-hydrogen) atoms. The average Bonchev–Trinajstić information content (AvgIpc) is 2.31. The molecule has 1 aromatic rings. The zero-order chi connectivity index (χ0) is 12.7. The van der Waals surface area contributed by atoms with Crippen molar-refractivity contribution in [2.45, 2.75) is 25.7 Å². The molecule has 1 fully saturated rings. The van der Waals surface area contributed by atoms with E-state index >= 15 is 0 Å². The van der Waals surface area contributed by atoms with Crippen LogP contribution in [0.15, 0.2) is 28.7 Å². The number of aliphatic hydroxyl groups excluding tert-OH is 1. The fraction of sp³-hybridized carbons (Fsp3) is 0.571. The summed E-state index contributed by atoms with van der Waals surface area (Å²) < 4.78 is 1.20. The summed E-state index contributed by atoms with van der Waals surface area (Å²) in [6.07, 6.45) is 2.60. The van der Waals surface area contributed by atoms with Gasteiger partial charge in [0, 0.05) is 11.1 Å². The van der Waals surface area contributed by atoms with E-state index < -0.39 is 0 Å². The zero-order valence-corrected chi connectivity index (χ0v) is 12.3. The lowest BCUT2D eigenvalue weighted by Gasteiger charge is -2.29. The van der Waals surface area contributed by atoms with Crippen LogP contribution < -0.4 is 0 Å². The molecule has 0 atom stereocenters. The Kier molecular flexibility index (Phi) is 6.78. The molecule has 96 valence electrons. The van der Waals surface area contributed by atoms with Gasteiger partial charge in [-0.25, -0.2) is 0 Å². The second-order valence-corrected chi connectivity index (χ2v) is 5.36. The van der Waals surface area contributed by atoms with Crippen LogP contribution in [0.25, 0.3) is 0 Å². The summed E-state index contributed by atoms with van der Waals surface area (Å²) in [5, 5.41) is 7.57. The van der Waals surface area contributed by atoms with Crippen molar-refractivity contribution < 1.29 is 5.11 Å². The van der Waals surface area contributed by atoms with Crippen molar-refractivity contribution in [3.63, 3.8) is 0 Å². The standard InChI is InChI=1S/C12H16BrN.C2H6O/c1-14-7-5-10(6-8-14)11-3-2-4-12(13)9-11;1-2-3/h2-4,9-10H,5-8H2,1H3;3H,2H2,1H3. The molecule has 0 radical (unpaired) electrons. The number of hydrogen-bond acceptors (Lipinski definition) is 2. The van der Waals surface area contributed by atoms with Crippen LogP contribution in [0.5, 0.6) is 0 Å². The Morgan fingerprint density at radius 1 is 1.35 bits per heavy atom. The molecule has 1 aliphatic heterocycles. The summed E-state index contributed by atoms with van der Waals surface area (Å²) >= 11 is 3.53. The van der Waals surface area contributed by atoms with Crippen molar-refractivity contribution in [2.75, 3.05) is 26.7 Å². The summed E-state index contributed by atoms with van der Waals surface area (Å²) in [5.74, 6) is 0.767. The maximum atomic E-state index is 7.57. The van der Waals surface area contributed by atoms with E-state index in [0.717, 1.165) is 5.92 Å². The summed E-state index contributed by atoms with van der Waals surface area (Å²) in [4.78, 5) is 2.41. The predicted molar refractivity (Wildman–Crippen MR) is 76.4 cm³/mol. The molecule has 2 rings (SSSR count). The largest absolute Gasteiger partial charge is 0.397 e. The number of halogens is 1. The molecule has 1 aliphatic rings. The smallest absolute Gasteiger partial charge is 0.0402 e. The number of piperidine rings is 1. The molecular weight excluding hydrogens is 278 g/mol. The third-order valence-electron chi connectivity index (χ3n) is 3.04. The first-order valence-electron chi connectivity index (χ1n) is 6.22. The summed E-state index contributed by atoms with van der Waals surface area (Å²) in [6, 6.07) is 8.74. The maximum Gasteiger partial charge on any atom is 0.0402 e. The first-order valence-corrected chi connectivity index (χ1v) is 7.01. The molecular formula is C14H22BrNO. The fourth-order valence-electron chi connectivity index (χ4n) is 2.10. The number of rotatable bonds is 1. The quantitative estimate of drug-likeness (QED) is 0.860. The lowest BCUT2D eigenvalue weighted by Crippen LogP contribution is -2.29. The van der Waals surface area contributed by atoms with Crippen molar-refractivity contribution in [1.82, 2.24) is 4.90 Å². The molecule has 0 aliphatic carbocycles. The van der Waals surface area contributed by atoms with Crippen molar-refractivity contribution in [1.29, 1.82) is 0 Å². The third kappa shape index (κ3) is 5.19. The molecule has 3 heteroatoms. The van der Waals surface area contributed by atoms with Gasteiger partial charge in [0.05, 0.1) is 0 Å². The minimum absolute atomic E-state index is 0.250. The van der Waals surface area contributed by atoms with Crippen molar-refractivity contribution >= 4 is 15.9 Å². The van der Waals surface area contributed by atoms with Gasteiger partial charge in [0.25, 0.3) is 0 Å². The van der Waals surface area contributed by atoms with Crippen LogP contribution in [0.4, 0.5) is 0 Å². The van der Waals surface area contributed by atoms with Crippen LogP contribution in [0.3, 0.4) is 0 Å². The first kappa shape index (κ1) is 14.7. The summed E-state index contributed by atoms with van der Waals surface area (Å²) in [7, 11) is 2.21.